The van der Waals surface area contributed by atoms with Gasteiger partial charge in [0.05, 0.1) is 28.5 Å². The Labute approximate surface area is 210 Å². The molecule has 2 aromatic carbocycles. The van der Waals surface area contributed by atoms with Gasteiger partial charge in [-0.15, -0.1) is 0 Å². The number of hydrogen-bond acceptors (Lipinski definition) is 5. The molecule has 0 bridgehead atoms. The minimum atomic E-state index is -3.50. The molecule has 1 aliphatic rings. The van der Waals surface area contributed by atoms with Crippen LogP contribution in [-0.4, -0.2) is 18.3 Å². The van der Waals surface area contributed by atoms with Crippen LogP contribution in [0.25, 0.3) is 0 Å². The number of hydrogen-bond donors (Lipinski definition) is 0. The van der Waals surface area contributed by atoms with Gasteiger partial charge in [0.2, 0.25) is 0 Å². The molecule has 1 aliphatic carbocycles. The quantitative estimate of drug-likeness (QED) is 0.241. The molecule has 6 heteroatoms. The third-order valence-corrected chi connectivity index (χ3v) is 10.0. The summed E-state index contributed by atoms with van der Waals surface area (Å²) in [5, 5.41) is 0.574. The Hall–Kier alpha value is -1.10. The lowest BCUT2D eigenvalue weighted by Crippen LogP contribution is -2.41. The molecular formula is C28H41O4PS. The minimum Gasteiger partial charge on any atom is -0.307 e. The normalized spacial score (nSPS) is 21.9. The first kappa shape index (κ1) is 27.5. The first-order chi connectivity index (χ1) is 16.0. The molecule has 1 fully saturated rings. The van der Waals surface area contributed by atoms with E-state index in [0.717, 1.165) is 17.7 Å². The molecule has 188 valence electrons. The van der Waals surface area contributed by atoms with Crippen molar-refractivity contribution in [2.24, 2.45) is 11.8 Å². The zero-order chi connectivity index (χ0) is 24.9. The van der Waals surface area contributed by atoms with Crippen LogP contribution >= 0.6 is 19.6 Å². The lowest BCUT2D eigenvalue weighted by Gasteiger charge is -2.44. The highest BCUT2D eigenvalue weighted by Crippen LogP contribution is 2.52. The second-order valence-corrected chi connectivity index (χ2v) is 13.3. The van der Waals surface area contributed by atoms with Gasteiger partial charge < -0.3 is 13.2 Å². The fourth-order valence-electron chi connectivity index (χ4n) is 4.90. The number of benzene rings is 2. The van der Waals surface area contributed by atoms with E-state index in [9.17, 15) is 4.57 Å². The monoisotopic (exact) mass is 504 g/mol. The third kappa shape index (κ3) is 6.77. The summed E-state index contributed by atoms with van der Waals surface area (Å²) < 4.78 is 32.2. The first-order valence-corrected chi connectivity index (χ1v) is 14.8. The molecule has 0 amide bonds. The minimum absolute atomic E-state index is 0.0110. The fourth-order valence-corrected chi connectivity index (χ4v) is 8.08. The molecule has 0 heterocycles. The van der Waals surface area contributed by atoms with E-state index in [1.807, 2.05) is 52.0 Å². The number of rotatable bonds is 10. The van der Waals surface area contributed by atoms with E-state index in [4.69, 9.17) is 13.2 Å². The molecule has 0 saturated heterocycles. The molecule has 0 radical (unpaired) electrons. The van der Waals surface area contributed by atoms with Gasteiger partial charge in [0.1, 0.15) is 0 Å². The summed E-state index contributed by atoms with van der Waals surface area (Å²) >= 11 is 1.32. The Bertz CT molecular complexity index is 946. The van der Waals surface area contributed by atoms with Crippen LogP contribution in [0.3, 0.4) is 0 Å². The van der Waals surface area contributed by atoms with Gasteiger partial charge in [0.25, 0.3) is 0 Å². The molecule has 0 spiro atoms. The highest BCUT2D eigenvalue weighted by Gasteiger charge is 2.41. The highest BCUT2D eigenvalue weighted by atomic mass is 32.2. The SMILES string of the molecule is CC(C)OP(=O)(OC(C)C)c1ccccc1SO[C@@H]1C[C@H](C)CC[C@H]1C(C)(C)c1ccccc1. The summed E-state index contributed by atoms with van der Waals surface area (Å²) in [5.41, 5.74) is 1.33. The van der Waals surface area contributed by atoms with Crippen LogP contribution < -0.4 is 5.30 Å². The summed E-state index contributed by atoms with van der Waals surface area (Å²) in [6, 6.07) is 18.4. The van der Waals surface area contributed by atoms with Crippen molar-refractivity contribution >= 4 is 24.9 Å². The summed E-state index contributed by atoms with van der Waals surface area (Å²) in [7, 11) is -3.50. The van der Waals surface area contributed by atoms with Gasteiger partial charge in [-0.2, -0.15) is 0 Å². The van der Waals surface area contributed by atoms with Crippen molar-refractivity contribution in [3.05, 3.63) is 60.2 Å². The molecule has 34 heavy (non-hydrogen) atoms. The second kappa shape index (κ2) is 11.8. The average Bonchev–Trinajstić information content (AvgIpc) is 2.77. The first-order valence-electron chi connectivity index (χ1n) is 12.5. The van der Waals surface area contributed by atoms with Crippen LogP contribution in [0.5, 0.6) is 0 Å². The van der Waals surface area contributed by atoms with Crippen molar-refractivity contribution in [3.8, 4) is 0 Å². The third-order valence-electron chi connectivity index (χ3n) is 6.62. The van der Waals surface area contributed by atoms with Gasteiger partial charge in [-0.05, 0) is 75.5 Å². The standard InChI is InChI=1S/C28H41O4PS/c1-20(2)30-33(29,31-21(3)4)26-15-11-12-16-27(26)34-32-25-19-22(5)17-18-24(25)28(6,7)23-13-9-8-10-14-23/h8-16,20-22,24-25H,17-19H2,1-7H3/t22-,24-,25-/m1/s1. The maximum atomic E-state index is 13.9. The van der Waals surface area contributed by atoms with E-state index in [1.54, 1.807) is 0 Å². The predicted molar refractivity (Wildman–Crippen MR) is 143 cm³/mol. The van der Waals surface area contributed by atoms with E-state index in [2.05, 4.69) is 51.1 Å². The second-order valence-electron chi connectivity index (χ2n) is 10.6. The van der Waals surface area contributed by atoms with Gasteiger partial charge in [-0.3, -0.25) is 4.57 Å². The maximum absolute atomic E-state index is 13.9. The van der Waals surface area contributed by atoms with Crippen molar-refractivity contribution < 1.29 is 17.8 Å². The van der Waals surface area contributed by atoms with E-state index in [0.29, 0.717) is 17.1 Å². The summed E-state index contributed by atoms with van der Waals surface area (Å²) in [6.45, 7) is 14.5. The molecule has 3 atom stereocenters. The van der Waals surface area contributed by atoms with Crippen molar-refractivity contribution in [2.75, 3.05) is 0 Å². The van der Waals surface area contributed by atoms with Crippen LogP contribution in [0, 0.1) is 11.8 Å². The zero-order valence-corrected chi connectivity index (χ0v) is 23.4. The summed E-state index contributed by atoms with van der Waals surface area (Å²) in [4.78, 5) is 0.793. The van der Waals surface area contributed by atoms with Crippen molar-refractivity contribution in [2.45, 2.75) is 96.4 Å². The van der Waals surface area contributed by atoms with Crippen LogP contribution in [0.1, 0.15) is 73.3 Å². The molecule has 2 aromatic rings. The fraction of sp³-hybridized carbons (Fsp3) is 0.571. The molecule has 4 nitrogen and oxygen atoms in total. The topological polar surface area (TPSA) is 44.8 Å². The van der Waals surface area contributed by atoms with E-state index in [1.165, 1.54) is 24.0 Å². The predicted octanol–water partition coefficient (Wildman–Crippen LogP) is 8.16. The molecule has 1 saturated carbocycles. The Kier molecular flexibility index (Phi) is 9.50. The van der Waals surface area contributed by atoms with Crippen LogP contribution in [0.2, 0.25) is 0 Å². The van der Waals surface area contributed by atoms with E-state index < -0.39 is 7.60 Å². The lowest BCUT2D eigenvalue weighted by molar-refractivity contribution is 0.0475. The molecule has 0 unspecified atom stereocenters. The molecule has 0 aliphatic heterocycles. The van der Waals surface area contributed by atoms with Crippen LogP contribution in [0.4, 0.5) is 0 Å². The highest BCUT2D eigenvalue weighted by molar-refractivity contribution is 7.95. The zero-order valence-electron chi connectivity index (χ0n) is 21.7. The summed E-state index contributed by atoms with van der Waals surface area (Å²) in [6.07, 6.45) is 2.99. The van der Waals surface area contributed by atoms with E-state index in [-0.39, 0.29) is 23.7 Å². The smallest absolute Gasteiger partial charge is 0.307 e. The molecule has 0 aromatic heterocycles. The summed E-state index contributed by atoms with van der Waals surface area (Å²) in [5.74, 6) is 1.000. The Morgan fingerprint density at radius 1 is 0.912 bits per heavy atom. The van der Waals surface area contributed by atoms with Gasteiger partial charge in [-0.1, -0.05) is 69.7 Å². The van der Waals surface area contributed by atoms with Gasteiger partial charge in [0.15, 0.2) is 0 Å². The Morgan fingerprint density at radius 3 is 2.12 bits per heavy atom. The van der Waals surface area contributed by atoms with Crippen LogP contribution in [0.15, 0.2) is 59.5 Å². The Morgan fingerprint density at radius 2 is 1.50 bits per heavy atom. The largest absolute Gasteiger partial charge is 0.363 e. The van der Waals surface area contributed by atoms with Crippen LogP contribution in [-0.2, 0) is 23.2 Å². The van der Waals surface area contributed by atoms with Crippen molar-refractivity contribution in [3.63, 3.8) is 0 Å². The molecule has 0 N–H and O–H groups in total. The Balaban J connectivity index is 1.86. The van der Waals surface area contributed by atoms with Gasteiger partial charge in [0, 0.05) is 12.0 Å². The van der Waals surface area contributed by atoms with Gasteiger partial charge >= 0.3 is 7.60 Å². The van der Waals surface area contributed by atoms with Crippen molar-refractivity contribution in [1.82, 2.24) is 0 Å². The van der Waals surface area contributed by atoms with Gasteiger partial charge in [-0.25, -0.2) is 0 Å². The molecule has 3 rings (SSSR count). The maximum Gasteiger partial charge on any atom is 0.363 e. The average molecular weight is 505 g/mol. The van der Waals surface area contributed by atoms with E-state index >= 15 is 0 Å². The lowest BCUT2D eigenvalue weighted by atomic mass is 9.64. The van der Waals surface area contributed by atoms with Crippen molar-refractivity contribution in [1.29, 1.82) is 0 Å². The molecular weight excluding hydrogens is 463 g/mol.